The molecule has 1 N–H and O–H groups in total. The fourth-order valence-corrected chi connectivity index (χ4v) is 3.07. The van der Waals surface area contributed by atoms with Crippen molar-refractivity contribution in [2.24, 2.45) is 0 Å². The van der Waals surface area contributed by atoms with Crippen molar-refractivity contribution >= 4 is 23.2 Å². The van der Waals surface area contributed by atoms with Gasteiger partial charge in [-0.3, -0.25) is 0 Å². The van der Waals surface area contributed by atoms with Crippen molar-refractivity contribution < 1.29 is 0 Å². The van der Waals surface area contributed by atoms with E-state index < -0.39 is 0 Å². The van der Waals surface area contributed by atoms with E-state index in [0.29, 0.717) is 16.0 Å². The molecule has 2 rings (SSSR count). The molecule has 3 heteroatoms. The minimum absolute atomic E-state index is 0.0115. The van der Waals surface area contributed by atoms with Gasteiger partial charge in [-0.25, -0.2) is 0 Å². The number of benzene rings is 2. The van der Waals surface area contributed by atoms with E-state index in [-0.39, 0.29) is 6.04 Å². The second-order valence-corrected chi connectivity index (χ2v) is 6.26. The first kappa shape index (κ1) is 16.4. The Bertz CT molecular complexity index is 570. The van der Waals surface area contributed by atoms with E-state index in [1.54, 1.807) is 0 Å². The molecule has 0 spiro atoms. The molecule has 0 heterocycles. The maximum atomic E-state index is 6.37. The summed E-state index contributed by atoms with van der Waals surface area (Å²) in [5.74, 6) is 0.528. The third-order valence-electron chi connectivity index (χ3n) is 3.63. The van der Waals surface area contributed by atoms with Crippen LogP contribution in [-0.4, -0.2) is 6.54 Å². The molecule has 0 aliphatic heterocycles. The lowest BCUT2D eigenvalue weighted by Gasteiger charge is -2.22. The van der Waals surface area contributed by atoms with Crippen LogP contribution in [0.2, 0.25) is 10.0 Å². The Morgan fingerprint density at radius 3 is 1.90 bits per heavy atom. The fourth-order valence-electron chi connectivity index (χ4n) is 2.45. The maximum absolute atomic E-state index is 6.37. The lowest BCUT2D eigenvalue weighted by atomic mass is 9.95. The minimum atomic E-state index is 0.0115. The van der Waals surface area contributed by atoms with Gasteiger partial charge in [0.15, 0.2) is 0 Å². The standard InChI is InChI=1S/C18H21Cl2N/c1-4-21-18(17-15(19)6-5-7-16(17)20)14-10-8-13(9-11-14)12(2)3/h5-12,18,21H,4H2,1-3H3. The third kappa shape index (κ3) is 3.79. The van der Waals surface area contributed by atoms with Crippen LogP contribution in [-0.2, 0) is 0 Å². The van der Waals surface area contributed by atoms with Crippen molar-refractivity contribution in [1.29, 1.82) is 0 Å². The lowest BCUT2D eigenvalue weighted by molar-refractivity contribution is 0.630. The lowest BCUT2D eigenvalue weighted by Crippen LogP contribution is -2.22. The smallest absolute Gasteiger partial charge is 0.0606 e. The molecule has 21 heavy (non-hydrogen) atoms. The van der Waals surface area contributed by atoms with Crippen LogP contribution in [0.3, 0.4) is 0 Å². The predicted octanol–water partition coefficient (Wildman–Crippen LogP) is 5.82. The monoisotopic (exact) mass is 321 g/mol. The van der Waals surface area contributed by atoms with Gasteiger partial charge in [-0.15, -0.1) is 0 Å². The molecule has 2 aromatic carbocycles. The molecule has 1 nitrogen and oxygen atoms in total. The summed E-state index contributed by atoms with van der Waals surface area (Å²) in [4.78, 5) is 0. The first-order chi connectivity index (χ1) is 10.0. The van der Waals surface area contributed by atoms with Crippen LogP contribution in [0.15, 0.2) is 42.5 Å². The van der Waals surface area contributed by atoms with Crippen LogP contribution in [0, 0.1) is 0 Å². The zero-order chi connectivity index (χ0) is 15.4. The van der Waals surface area contributed by atoms with Crippen LogP contribution in [0.1, 0.15) is 49.4 Å². The van der Waals surface area contributed by atoms with Gasteiger partial charge in [-0.05, 0) is 35.7 Å². The average Bonchev–Trinajstić information content (AvgIpc) is 2.46. The van der Waals surface area contributed by atoms with E-state index >= 15 is 0 Å². The van der Waals surface area contributed by atoms with Crippen molar-refractivity contribution in [2.75, 3.05) is 6.54 Å². The molecule has 0 aliphatic carbocycles. The SMILES string of the molecule is CCNC(c1ccc(C(C)C)cc1)c1c(Cl)cccc1Cl. The Balaban J connectivity index is 2.43. The normalized spacial score (nSPS) is 12.7. The largest absolute Gasteiger partial charge is 0.306 e. The first-order valence-corrected chi connectivity index (χ1v) is 8.07. The van der Waals surface area contributed by atoms with E-state index in [4.69, 9.17) is 23.2 Å². The summed E-state index contributed by atoms with van der Waals surface area (Å²) in [5.41, 5.74) is 3.45. The Labute approximate surface area is 137 Å². The second kappa shape index (κ2) is 7.31. The predicted molar refractivity (Wildman–Crippen MR) is 92.5 cm³/mol. The molecule has 0 saturated heterocycles. The molecule has 1 atom stereocenters. The number of hydrogen-bond acceptors (Lipinski definition) is 1. The van der Waals surface area contributed by atoms with Gasteiger partial charge in [0.2, 0.25) is 0 Å². The van der Waals surface area contributed by atoms with Crippen molar-refractivity contribution in [3.05, 3.63) is 69.2 Å². The maximum Gasteiger partial charge on any atom is 0.0606 e. The minimum Gasteiger partial charge on any atom is -0.306 e. The van der Waals surface area contributed by atoms with Crippen molar-refractivity contribution in [3.63, 3.8) is 0 Å². The van der Waals surface area contributed by atoms with Gasteiger partial charge in [0, 0.05) is 15.6 Å². The summed E-state index contributed by atoms with van der Waals surface area (Å²) in [6, 6.07) is 14.3. The highest BCUT2D eigenvalue weighted by Gasteiger charge is 2.19. The van der Waals surface area contributed by atoms with Gasteiger partial charge in [0.1, 0.15) is 0 Å². The topological polar surface area (TPSA) is 12.0 Å². The molecule has 0 aliphatic rings. The zero-order valence-electron chi connectivity index (χ0n) is 12.7. The highest BCUT2D eigenvalue weighted by atomic mass is 35.5. The van der Waals surface area contributed by atoms with Gasteiger partial charge in [-0.2, -0.15) is 0 Å². The highest BCUT2D eigenvalue weighted by Crippen LogP contribution is 2.34. The van der Waals surface area contributed by atoms with Gasteiger partial charge < -0.3 is 5.32 Å². The van der Waals surface area contributed by atoms with Crippen LogP contribution in [0.25, 0.3) is 0 Å². The summed E-state index contributed by atoms with van der Waals surface area (Å²) in [5, 5.41) is 4.87. The summed E-state index contributed by atoms with van der Waals surface area (Å²) < 4.78 is 0. The van der Waals surface area contributed by atoms with Gasteiger partial charge in [0.05, 0.1) is 6.04 Å². The number of nitrogens with one attached hydrogen (secondary N) is 1. The van der Waals surface area contributed by atoms with E-state index in [2.05, 4.69) is 50.4 Å². The molecule has 0 saturated carbocycles. The molecule has 0 amide bonds. The Morgan fingerprint density at radius 2 is 1.43 bits per heavy atom. The molecule has 0 fully saturated rings. The summed E-state index contributed by atoms with van der Waals surface area (Å²) in [7, 11) is 0. The summed E-state index contributed by atoms with van der Waals surface area (Å²) >= 11 is 12.7. The van der Waals surface area contributed by atoms with E-state index in [1.165, 1.54) is 11.1 Å². The Kier molecular flexibility index (Phi) is 5.69. The first-order valence-electron chi connectivity index (χ1n) is 7.31. The van der Waals surface area contributed by atoms with Gasteiger partial charge in [0.25, 0.3) is 0 Å². The quantitative estimate of drug-likeness (QED) is 0.732. The highest BCUT2D eigenvalue weighted by molar-refractivity contribution is 6.36. The zero-order valence-corrected chi connectivity index (χ0v) is 14.2. The third-order valence-corrected chi connectivity index (χ3v) is 4.29. The molecular weight excluding hydrogens is 301 g/mol. The molecular formula is C18H21Cl2N. The van der Waals surface area contributed by atoms with Crippen LogP contribution >= 0.6 is 23.2 Å². The molecule has 0 bridgehead atoms. The second-order valence-electron chi connectivity index (χ2n) is 5.45. The van der Waals surface area contributed by atoms with Crippen molar-refractivity contribution in [1.82, 2.24) is 5.32 Å². The number of rotatable bonds is 5. The summed E-state index contributed by atoms with van der Waals surface area (Å²) in [6.07, 6.45) is 0. The Morgan fingerprint density at radius 1 is 0.905 bits per heavy atom. The summed E-state index contributed by atoms with van der Waals surface area (Å²) in [6.45, 7) is 7.32. The van der Waals surface area contributed by atoms with Crippen molar-refractivity contribution in [2.45, 2.75) is 32.7 Å². The molecule has 2 aromatic rings. The van der Waals surface area contributed by atoms with E-state index in [0.717, 1.165) is 12.1 Å². The van der Waals surface area contributed by atoms with Gasteiger partial charge >= 0.3 is 0 Å². The average molecular weight is 322 g/mol. The molecule has 1 unspecified atom stereocenters. The van der Waals surface area contributed by atoms with Gasteiger partial charge in [-0.1, -0.05) is 74.3 Å². The van der Waals surface area contributed by atoms with Crippen LogP contribution in [0.5, 0.6) is 0 Å². The number of halogens is 2. The number of hydrogen-bond donors (Lipinski definition) is 1. The van der Waals surface area contributed by atoms with Crippen LogP contribution in [0.4, 0.5) is 0 Å². The molecule has 112 valence electrons. The van der Waals surface area contributed by atoms with Crippen LogP contribution < -0.4 is 5.32 Å². The fraction of sp³-hybridized carbons (Fsp3) is 0.333. The molecule has 0 radical (unpaired) electrons. The Hall–Kier alpha value is -1.02. The van der Waals surface area contributed by atoms with E-state index in [1.807, 2.05) is 18.2 Å². The molecule has 0 aromatic heterocycles. The van der Waals surface area contributed by atoms with Crippen molar-refractivity contribution in [3.8, 4) is 0 Å². The van der Waals surface area contributed by atoms with E-state index in [9.17, 15) is 0 Å².